The lowest BCUT2D eigenvalue weighted by atomic mass is 9.93. The molecule has 0 aromatic heterocycles. The summed E-state index contributed by atoms with van der Waals surface area (Å²) in [6, 6.07) is 6.68. The van der Waals surface area contributed by atoms with E-state index in [1.54, 1.807) is 0 Å². The van der Waals surface area contributed by atoms with Crippen LogP contribution in [0, 0.1) is 5.92 Å². The van der Waals surface area contributed by atoms with E-state index in [0.29, 0.717) is 11.1 Å². The van der Waals surface area contributed by atoms with E-state index < -0.39 is 0 Å². The molecule has 2 saturated heterocycles. The van der Waals surface area contributed by atoms with Crippen molar-refractivity contribution < 1.29 is 0 Å². The fourth-order valence-electron chi connectivity index (χ4n) is 3.43. The van der Waals surface area contributed by atoms with Crippen molar-refractivity contribution in [2.75, 3.05) is 19.6 Å². The van der Waals surface area contributed by atoms with Gasteiger partial charge >= 0.3 is 0 Å². The Hall–Kier alpha value is -0.280. The molecule has 104 valence electrons. The first kappa shape index (κ1) is 13.7. The minimum Gasteiger partial charge on any atom is -0.307 e. The zero-order valence-electron chi connectivity index (χ0n) is 11.2. The van der Waals surface area contributed by atoms with Crippen molar-refractivity contribution in [2.24, 2.45) is 5.92 Å². The van der Waals surface area contributed by atoms with Crippen molar-refractivity contribution in [3.05, 3.63) is 33.8 Å². The molecule has 0 saturated carbocycles. The summed E-state index contributed by atoms with van der Waals surface area (Å²) < 4.78 is 0. The number of hydrogen-bond acceptors (Lipinski definition) is 2. The summed E-state index contributed by atoms with van der Waals surface area (Å²) in [6.45, 7) is 5.96. The van der Waals surface area contributed by atoms with Crippen LogP contribution >= 0.6 is 23.2 Å². The highest BCUT2D eigenvalue weighted by Gasteiger charge is 2.34. The predicted octanol–water partition coefficient (Wildman–Crippen LogP) is 3.74. The van der Waals surface area contributed by atoms with Gasteiger partial charge in [-0.3, -0.25) is 0 Å². The number of nitrogens with zero attached hydrogens (tertiary/aromatic N) is 1. The van der Waals surface area contributed by atoms with Gasteiger partial charge in [0, 0.05) is 28.7 Å². The number of halogens is 2. The van der Waals surface area contributed by atoms with E-state index >= 15 is 0 Å². The molecular formula is C15H20Cl2N2. The maximum Gasteiger partial charge on any atom is 0.0468 e. The normalized spacial score (nSPS) is 31.4. The van der Waals surface area contributed by atoms with Gasteiger partial charge in [-0.2, -0.15) is 0 Å². The number of fused-ring (bicyclic) bond motifs is 2. The molecule has 2 nitrogen and oxygen atoms in total. The first-order valence-electron chi connectivity index (χ1n) is 7.07. The van der Waals surface area contributed by atoms with Crippen molar-refractivity contribution in [1.82, 2.24) is 10.2 Å². The molecule has 0 aliphatic carbocycles. The lowest BCUT2D eigenvalue weighted by Gasteiger charge is -2.33. The first-order chi connectivity index (χ1) is 9.13. The molecule has 2 heterocycles. The molecule has 0 amide bonds. The van der Waals surface area contributed by atoms with Gasteiger partial charge in [-0.25, -0.2) is 0 Å². The Bertz CT molecular complexity index is 463. The molecule has 0 radical (unpaired) electrons. The summed E-state index contributed by atoms with van der Waals surface area (Å²) in [5.41, 5.74) is 1.14. The molecular weight excluding hydrogens is 279 g/mol. The summed E-state index contributed by atoms with van der Waals surface area (Å²) >= 11 is 12.2. The van der Waals surface area contributed by atoms with Crippen molar-refractivity contribution in [3.63, 3.8) is 0 Å². The van der Waals surface area contributed by atoms with E-state index in [0.717, 1.165) is 16.5 Å². The van der Waals surface area contributed by atoms with Crippen LogP contribution in [0.2, 0.25) is 10.0 Å². The van der Waals surface area contributed by atoms with Gasteiger partial charge in [0.2, 0.25) is 0 Å². The highest BCUT2D eigenvalue weighted by atomic mass is 35.5. The molecule has 4 atom stereocenters. The van der Waals surface area contributed by atoms with Crippen LogP contribution in [-0.4, -0.2) is 30.6 Å². The van der Waals surface area contributed by atoms with Crippen LogP contribution in [-0.2, 0) is 0 Å². The van der Waals surface area contributed by atoms with E-state index in [-0.39, 0.29) is 6.04 Å². The number of hydrogen-bond donors (Lipinski definition) is 1. The van der Waals surface area contributed by atoms with Crippen LogP contribution in [0.15, 0.2) is 18.2 Å². The van der Waals surface area contributed by atoms with Gasteiger partial charge < -0.3 is 10.2 Å². The smallest absolute Gasteiger partial charge is 0.0468 e. The highest BCUT2D eigenvalue weighted by Crippen LogP contribution is 2.31. The van der Waals surface area contributed by atoms with Gasteiger partial charge in [0.05, 0.1) is 0 Å². The summed E-state index contributed by atoms with van der Waals surface area (Å²) in [5.74, 6) is 0.808. The monoisotopic (exact) mass is 298 g/mol. The highest BCUT2D eigenvalue weighted by molar-refractivity contribution is 6.35. The van der Waals surface area contributed by atoms with Gasteiger partial charge in [-0.1, -0.05) is 29.3 Å². The average molecular weight is 299 g/mol. The third-order valence-electron chi connectivity index (χ3n) is 4.53. The lowest BCUT2D eigenvalue weighted by molar-refractivity contribution is 0.212. The fourth-order valence-corrected chi connectivity index (χ4v) is 4.01. The van der Waals surface area contributed by atoms with E-state index in [2.05, 4.69) is 17.1 Å². The molecule has 3 rings (SSSR count). The van der Waals surface area contributed by atoms with Crippen molar-refractivity contribution >= 4 is 23.2 Å². The summed E-state index contributed by atoms with van der Waals surface area (Å²) in [4.78, 5) is 2.57. The molecule has 2 fully saturated rings. The Labute approximate surface area is 125 Å². The molecule has 4 unspecified atom stereocenters. The van der Waals surface area contributed by atoms with Crippen LogP contribution in [0.5, 0.6) is 0 Å². The zero-order chi connectivity index (χ0) is 13.4. The number of benzene rings is 1. The maximum atomic E-state index is 6.29. The third kappa shape index (κ3) is 2.92. The Kier molecular flexibility index (Phi) is 4.04. The van der Waals surface area contributed by atoms with E-state index in [1.807, 2.05) is 18.2 Å². The van der Waals surface area contributed by atoms with Gasteiger partial charge in [-0.05, 0) is 56.5 Å². The molecule has 0 spiro atoms. The van der Waals surface area contributed by atoms with Crippen LogP contribution in [0.3, 0.4) is 0 Å². The minimum atomic E-state index is 0.280. The Balaban J connectivity index is 1.68. The topological polar surface area (TPSA) is 15.3 Å². The quantitative estimate of drug-likeness (QED) is 0.914. The Morgan fingerprint density at radius 1 is 1.26 bits per heavy atom. The Morgan fingerprint density at radius 2 is 2.05 bits per heavy atom. The second kappa shape index (κ2) is 5.61. The summed E-state index contributed by atoms with van der Waals surface area (Å²) in [6.07, 6.45) is 2.58. The molecule has 4 heteroatoms. The van der Waals surface area contributed by atoms with E-state index in [4.69, 9.17) is 23.2 Å². The average Bonchev–Trinajstić information content (AvgIpc) is 2.75. The largest absolute Gasteiger partial charge is 0.307 e. The SMILES string of the molecule is CC(NC1CCN2CCC1C2)c1ccc(Cl)cc1Cl. The van der Waals surface area contributed by atoms with E-state index in [9.17, 15) is 0 Å². The summed E-state index contributed by atoms with van der Waals surface area (Å²) in [5, 5.41) is 5.23. The summed E-state index contributed by atoms with van der Waals surface area (Å²) in [7, 11) is 0. The number of rotatable bonds is 3. The minimum absolute atomic E-state index is 0.280. The fraction of sp³-hybridized carbons (Fsp3) is 0.600. The standard InChI is InChI=1S/C15H20Cl2N2/c1-10(13-3-2-12(16)8-14(13)17)18-15-5-7-19-6-4-11(15)9-19/h2-3,8,10-11,15,18H,4-7,9H2,1H3. The first-order valence-corrected chi connectivity index (χ1v) is 7.82. The van der Waals surface area contributed by atoms with Crippen molar-refractivity contribution in [2.45, 2.75) is 31.8 Å². The zero-order valence-corrected chi connectivity index (χ0v) is 12.7. The molecule has 1 aromatic rings. The predicted molar refractivity (Wildman–Crippen MR) is 81.0 cm³/mol. The maximum absolute atomic E-state index is 6.29. The van der Waals surface area contributed by atoms with E-state index in [1.165, 1.54) is 32.5 Å². The van der Waals surface area contributed by atoms with Crippen LogP contribution in [0.25, 0.3) is 0 Å². The molecule has 2 aliphatic heterocycles. The van der Waals surface area contributed by atoms with Crippen LogP contribution < -0.4 is 5.32 Å². The van der Waals surface area contributed by atoms with Gasteiger partial charge in [0.1, 0.15) is 0 Å². The van der Waals surface area contributed by atoms with Gasteiger partial charge in [0.15, 0.2) is 0 Å². The number of nitrogens with one attached hydrogen (secondary N) is 1. The second-order valence-electron chi connectivity index (χ2n) is 5.80. The van der Waals surface area contributed by atoms with Crippen molar-refractivity contribution in [3.8, 4) is 0 Å². The molecule has 1 aromatic carbocycles. The van der Waals surface area contributed by atoms with Gasteiger partial charge in [0.25, 0.3) is 0 Å². The second-order valence-corrected chi connectivity index (χ2v) is 6.64. The molecule has 2 aliphatic rings. The third-order valence-corrected chi connectivity index (χ3v) is 5.09. The molecule has 2 bridgehead atoms. The molecule has 1 N–H and O–H groups in total. The molecule has 19 heavy (non-hydrogen) atoms. The lowest BCUT2D eigenvalue weighted by Crippen LogP contribution is -2.44. The van der Waals surface area contributed by atoms with Crippen LogP contribution in [0.1, 0.15) is 31.4 Å². The van der Waals surface area contributed by atoms with Crippen molar-refractivity contribution in [1.29, 1.82) is 0 Å². The van der Waals surface area contributed by atoms with Crippen LogP contribution in [0.4, 0.5) is 0 Å². The van der Waals surface area contributed by atoms with Gasteiger partial charge in [-0.15, -0.1) is 0 Å². The number of piperidine rings is 1. The Morgan fingerprint density at radius 3 is 2.84 bits per heavy atom.